The average molecular weight is 440 g/mol. The first-order chi connectivity index (χ1) is 15.4. The molecule has 0 amide bonds. The van der Waals surface area contributed by atoms with Crippen molar-refractivity contribution in [1.82, 2.24) is 0 Å². The Hall–Kier alpha value is -3.81. The van der Waals surface area contributed by atoms with Crippen molar-refractivity contribution < 1.29 is 38.1 Å². The highest BCUT2D eigenvalue weighted by Gasteiger charge is 2.52. The second-order valence-corrected chi connectivity index (χ2v) is 7.10. The standard InChI is InChI=1S/C24H24O8/c1-28-19-11-10-16(12-20(19)29-2)21-17(22(26)30-3)13-24(32-21,23(27)31-4)14-18(25)15-8-6-5-7-9-15/h5-12H,13-14H2,1-4H3. The molecule has 0 bridgehead atoms. The molecule has 1 heterocycles. The Balaban J connectivity index is 2.05. The largest absolute Gasteiger partial charge is 0.493 e. The van der Waals surface area contributed by atoms with E-state index >= 15 is 0 Å². The van der Waals surface area contributed by atoms with Crippen LogP contribution in [0.2, 0.25) is 0 Å². The molecular formula is C24H24O8. The summed E-state index contributed by atoms with van der Waals surface area (Å²) in [6.07, 6.45) is -0.504. The first kappa shape index (κ1) is 22.9. The number of hydrogen-bond donors (Lipinski definition) is 0. The second kappa shape index (κ2) is 9.55. The Labute approximate surface area is 185 Å². The Kier molecular flexibility index (Phi) is 6.82. The molecule has 0 fully saturated rings. The van der Waals surface area contributed by atoms with Crippen molar-refractivity contribution >= 4 is 23.5 Å². The van der Waals surface area contributed by atoms with Gasteiger partial charge in [0.2, 0.25) is 5.60 Å². The summed E-state index contributed by atoms with van der Waals surface area (Å²) >= 11 is 0. The van der Waals surface area contributed by atoms with E-state index < -0.39 is 17.5 Å². The molecule has 0 N–H and O–H groups in total. The molecule has 8 heteroatoms. The molecule has 0 saturated heterocycles. The van der Waals surface area contributed by atoms with Crippen LogP contribution < -0.4 is 9.47 Å². The van der Waals surface area contributed by atoms with Gasteiger partial charge in [0.25, 0.3) is 0 Å². The van der Waals surface area contributed by atoms with E-state index in [1.165, 1.54) is 28.4 Å². The smallest absolute Gasteiger partial charge is 0.351 e. The van der Waals surface area contributed by atoms with Crippen LogP contribution in [0, 0.1) is 0 Å². The fourth-order valence-corrected chi connectivity index (χ4v) is 3.61. The third-order valence-corrected chi connectivity index (χ3v) is 5.21. The lowest BCUT2D eigenvalue weighted by molar-refractivity contribution is -0.159. The normalized spacial score (nSPS) is 17.4. The van der Waals surface area contributed by atoms with Crippen LogP contribution in [-0.2, 0) is 23.8 Å². The van der Waals surface area contributed by atoms with E-state index in [1.807, 2.05) is 0 Å². The summed E-state index contributed by atoms with van der Waals surface area (Å²) in [5.74, 6) is -0.765. The maximum absolute atomic E-state index is 12.9. The van der Waals surface area contributed by atoms with Gasteiger partial charge in [0.1, 0.15) is 5.76 Å². The van der Waals surface area contributed by atoms with Gasteiger partial charge in [-0.2, -0.15) is 0 Å². The Morgan fingerprint density at radius 2 is 1.59 bits per heavy atom. The molecule has 2 aromatic carbocycles. The van der Waals surface area contributed by atoms with Crippen molar-refractivity contribution in [2.24, 2.45) is 0 Å². The molecule has 0 saturated carbocycles. The molecule has 1 atom stereocenters. The van der Waals surface area contributed by atoms with Gasteiger partial charge in [-0.05, 0) is 18.2 Å². The molecule has 0 spiro atoms. The molecule has 1 unspecified atom stereocenters. The minimum atomic E-state index is -1.71. The molecule has 0 radical (unpaired) electrons. The van der Waals surface area contributed by atoms with Gasteiger partial charge >= 0.3 is 11.9 Å². The summed E-state index contributed by atoms with van der Waals surface area (Å²) in [4.78, 5) is 38.4. The van der Waals surface area contributed by atoms with Gasteiger partial charge in [0.15, 0.2) is 17.3 Å². The van der Waals surface area contributed by atoms with E-state index in [9.17, 15) is 14.4 Å². The zero-order valence-electron chi connectivity index (χ0n) is 18.3. The van der Waals surface area contributed by atoms with Gasteiger partial charge in [-0.25, -0.2) is 9.59 Å². The van der Waals surface area contributed by atoms with Crippen LogP contribution in [0.1, 0.15) is 28.8 Å². The van der Waals surface area contributed by atoms with Gasteiger partial charge < -0.3 is 23.7 Å². The molecule has 1 aliphatic heterocycles. The lowest BCUT2D eigenvalue weighted by Gasteiger charge is -2.26. The summed E-state index contributed by atoms with van der Waals surface area (Å²) in [7, 11) is 5.41. The number of methoxy groups -OCH3 is 4. The number of carbonyl (C=O) groups is 3. The minimum absolute atomic E-state index is 0.115. The van der Waals surface area contributed by atoms with Crippen LogP contribution in [0.25, 0.3) is 5.76 Å². The second-order valence-electron chi connectivity index (χ2n) is 7.10. The summed E-state index contributed by atoms with van der Waals surface area (Å²) in [6.45, 7) is 0. The number of ether oxygens (including phenoxy) is 5. The van der Waals surface area contributed by atoms with Crippen molar-refractivity contribution in [3.8, 4) is 11.5 Å². The predicted octanol–water partition coefficient (Wildman–Crippen LogP) is 3.19. The number of esters is 2. The van der Waals surface area contributed by atoms with Crippen LogP contribution in [0.5, 0.6) is 11.5 Å². The third-order valence-electron chi connectivity index (χ3n) is 5.21. The van der Waals surface area contributed by atoms with Crippen LogP contribution >= 0.6 is 0 Å². The SMILES string of the molecule is COC(=O)C1=C(c2ccc(OC)c(OC)c2)OC(CC(=O)c2ccccc2)(C(=O)OC)C1. The average Bonchev–Trinajstić information content (AvgIpc) is 3.23. The highest BCUT2D eigenvalue weighted by molar-refractivity contribution is 6.04. The lowest BCUT2D eigenvalue weighted by atomic mass is 9.89. The summed E-state index contributed by atoms with van der Waals surface area (Å²) in [6, 6.07) is 13.4. The minimum Gasteiger partial charge on any atom is -0.493 e. The fourth-order valence-electron chi connectivity index (χ4n) is 3.61. The highest BCUT2D eigenvalue weighted by Crippen LogP contribution is 2.44. The Morgan fingerprint density at radius 1 is 0.906 bits per heavy atom. The van der Waals surface area contributed by atoms with Crippen molar-refractivity contribution in [3.63, 3.8) is 0 Å². The molecule has 168 valence electrons. The third kappa shape index (κ3) is 4.30. The first-order valence-electron chi connectivity index (χ1n) is 9.78. The first-order valence-corrected chi connectivity index (χ1v) is 9.78. The van der Waals surface area contributed by atoms with Crippen LogP contribution in [0.4, 0.5) is 0 Å². The summed E-state index contributed by atoms with van der Waals surface area (Å²) < 4.78 is 26.5. The number of ketones is 1. The van der Waals surface area contributed by atoms with Gasteiger partial charge in [0.05, 0.1) is 40.4 Å². The van der Waals surface area contributed by atoms with E-state index in [0.717, 1.165) is 0 Å². The molecule has 8 nitrogen and oxygen atoms in total. The van der Waals surface area contributed by atoms with Crippen molar-refractivity contribution in [2.45, 2.75) is 18.4 Å². The van der Waals surface area contributed by atoms with E-state index in [2.05, 4.69) is 0 Å². The van der Waals surface area contributed by atoms with Crippen LogP contribution in [-0.4, -0.2) is 51.8 Å². The Morgan fingerprint density at radius 3 is 2.19 bits per heavy atom. The maximum atomic E-state index is 12.9. The zero-order chi connectivity index (χ0) is 23.3. The van der Waals surface area contributed by atoms with Crippen molar-refractivity contribution in [2.75, 3.05) is 28.4 Å². The van der Waals surface area contributed by atoms with Crippen molar-refractivity contribution in [3.05, 3.63) is 65.2 Å². The van der Waals surface area contributed by atoms with E-state index in [1.54, 1.807) is 48.5 Å². The lowest BCUT2D eigenvalue weighted by Crippen LogP contribution is -2.42. The van der Waals surface area contributed by atoms with Crippen LogP contribution in [0.15, 0.2) is 54.1 Å². The van der Waals surface area contributed by atoms with E-state index in [4.69, 9.17) is 23.7 Å². The molecule has 3 rings (SSSR count). The van der Waals surface area contributed by atoms with Gasteiger partial charge in [0, 0.05) is 17.5 Å². The highest BCUT2D eigenvalue weighted by atomic mass is 16.6. The molecule has 2 aromatic rings. The Bertz CT molecular complexity index is 1060. The van der Waals surface area contributed by atoms with Crippen molar-refractivity contribution in [1.29, 1.82) is 0 Å². The summed E-state index contributed by atoms with van der Waals surface area (Å²) in [5.41, 5.74) is -0.723. The molecule has 0 aromatic heterocycles. The quantitative estimate of drug-likeness (QED) is 0.456. The fraction of sp³-hybridized carbons (Fsp3) is 0.292. The van der Waals surface area contributed by atoms with Gasteiger partial charge in [-0.15, -0.1) is 0 Å². The molecule has 0 aliphatic carbocycles. The number of hydrogen-bond acceptors (Lipinski definition) is 8. The number of carbonyl (C=O) groups excluding carboxylic acids is 3. The monoisotopic (exact) mass is 440 g/mol. The van der Waals surface area contributed by atoms with E-state index in [-0.39, 0.29) is 30.0 Å². The topological polar surface area (TPSA) is 97.4 Å². The van der Waals surface area contributed by atoms with Gasteiger partial charge in [-0.3, -0.25) is 4.79 Å². The number of Topliss-reactive ketones (excluding diaryl/α,β-unsaturated/α-hetero) is 1. The predicted molar refractivity (Wildman–Crippen MR) is 114 cm³/mol. The zero-order valence-corrected chi connectivity index (χ0v) is 18.3. The molecule has 1 aliphatic rings. The number of rotatable bonds is 8. The van der Waals surface area contributed by atoms with Gasteiger partial charge in [-0.1, -0.05) is 30.3 Å². The summed E-state index contributed by atoms with van der Waals surface area (Å²) in [5, 5.41) is 0. The van der Waals surface area contributed by atoms with Crippen LogP contribution in [0.3, 0.4) is 0 Å². The molecular weight excluding hydrogens is 416 g/mol. The molecule has 32 heavy (non-hydrogen) atoms. The maximum Gasteiger partial charge on any atom is 0.351 e. The number of benzene rings is 2. The van der Waals surface area contributed by atoms with E-state index in [0.29, 0.717) is 22.6 Å².